The third kappa shape index (κ3) is 3.57. The summed E-state index contributed by atoms with van der Waals surface area (Å²) in [5.41, 5.74) is 3.02. The van der Waals surface area contributed by atoms with Crippen molar-refractivity contribution >= 4 is 5.91 Å². The van der Waals surface area contributed by atoms with E-state index in [4.69, 9.17) is 0 Å². The highest BCUT2D eigenvalue weighted by molar-refractivity contribution is 5.78. The van der Waals surface area contributed by atoms with Gasteiger partial charge in [-0.3, -0.25) is 4.79 Å². The van der Waals surface area contributed by atoms with Crippen LogP contribution in [0.5, 0.6) is 0 Å². The average molecular weight is 247 g/mol. The van der Waals surface area contributed by atoms with Crippen molar-refractivity contribution in [2.24, 2.45) is 0 Å². The molecule has 1 aromatic rings. The van der Waals surface area contributed by atoms with Crippen molar-refractivity contribution in [2.75, 3.05) is 6.54 Å². The summed E-state index contributed by atoms with van der Waals surface area (Å²) in [4.78, 5) is 11.7. The number of hydrogen-bond acceptors (Lipinski definition) is 2. The van der Waals surface area contributed by atoms with Gasteiger partial charge < -0.3 is 10.4 Å². The smallest absolute Gasteiger partial charge is 0.224 e. The van der Waals surface area contributed by atoms with E-state index in [1.54, 1.807) is 13.8 Å². The first kappa shape index (κ1) is 13.1. The molecule has 0 fully saturated rings. The van der Waals surface area contributed by atoms with Crippen LogP contribution >= 0.6 is 0 Å². The molecule has 0 saturated carbocycles. The van der Waals surface area contributed by atoms with Gasteiger partial charge in [-0.15, -0.1) is 0 Å². The number of carbonyl (C=O) groups is 1. The number of fused-ring (bicyclic) bond motifs is 1. The second kappa shape index (κ2) is 5.11. The molecular weight excluding hydrogens is 226 g/mol. The molecule has 0 aliphatic heterocycles. The molecular formula is C15H21NO2. The van der Waals surface area contributed by atoms with Gasteiger partial charge in [-0.1, -0.05) is 18.2 Å². The lowest BCUT2D eigenvalue weighted by molar-refractivity contribution is -0.121. The molecule has 1 amide bonds. The van der Waals surface area contributed by atoms with Crippen molar-refractivity contribution in [3.05, 3.63) is 34.9 Å². The number of hydrogen-bond donors (Lipinski definition) is 2. The Labute approximate surface area is 108 Å². The zero-order chi connectivity index (χ0) is 13.2. The molecule has 0 bridgehead atoms. The Morgan fingerprint density at radius 1 is 1.33 bits per heavy atom. The molecule has 98 valence electrons. The van der Waals surface area contributed by atoms with Crippen molar-refractivity contribution < 1.29 is 9.90 Å². The maximum Gasteiger partial charge on any atom is 0.224 e. The van der Waals surface area contributed by atoms with Gasteiger partial charge in [0.05, 0.1) is 12.0 Å². The van der Waals surface area contributed by atoms with Crippen LogP contribution in [0.2, 0.25) is 0 Å². The predicted octanol–water partition coefficient (Wildman–Crippen LogP) is 1.60. The molecule has 18 heavy (non-hydrogen) atoms. The van der Waals surface area contributed by atoms with E-state index in [-0.39, 0.29) is 12.5 Å². The first-order valence-corrected chi connectivity index (χ1v) is 6.54. The van der Waals surface area contributed by atoms with E-state index in [1.807, 2.05) is 6.07 Å². The zero-order valence-electron chi connectivity index (χ0n) is 11.1. The minimum atomic E-state index is -0.854. The van der Waals surface area contributed by atoms with E-state index in [1.165, 1.54) is 24.0 Å². The fourth-order valence-corrected chi connectivity index (χ4v) is 2.30. The lowest BCUT2D eigenvalue weighted by atomic mass is 10.0. The van der Waals surface area contributed by atoms with Gasteiger partial charge in [0, 0.05) is 6.54 Å². The summed E-state index contributed by atoms with van der Waals surface area (Å²) in [6, 6.07) is 6.32. The minimum Gasteiger partial charge on any atom is -0.389 e. The molecule has 0 atom stereocenters. The fourth-order valence-electron chi connectivity index (χ4n) is 2.30. The summed E-state index contributed by atoms with van der Waals surface area (Å²) in [5, 5.41) is 12.3. The van der Waals surface area contributed by atoms with Gasteiger partial charge in [-0.05, 0) is 49.8 Å². The quantitative estimate of drug-likeness (QED) is 0.849. The maximum absolute atomic E-state index is 11.7. The van der Waals surface area contributed by atoms with Crippen molar-refractivity contribution in [3.63, 3.8) is 0 Å². The van der Waals surface area contributed by atoms with Crippen LogP contribution in [0.25, 0.3) is 0 Å². The van der Waals surface area contributed by atoms with Gasteiger partial charge in [0.2, 0.25) is 5.91 Å². The molecule has 0 saturated heterocycles. The first-order chi connectivity index (χ1) is 8.44. The van der Waals surface area contributed by atoms with Gasteiger partial charge in [0.1, 0.15) is 0 Å². The highest BCUT2D eigenvalue weighted by Crippen LogP contribution is 2.22. The number of aryl methyl sites for hydroxylation is 2. The largest absolute Gasteiger partial charge is 0.389 e. The van der Waals surface area contributed by atoms with Crippen LogP contribution in [0.3, 0.4) is 0 Å². The molecule has 1 aliphatic rings. The molecule has 1 aliphatic carbocycles. The number of rotatable bonds is 4. The molecule has 3 nitrogen and oxygen atoms in total. The molecule has 0 spiro atoms. The summed E-state index contributed by atoms with van der Waals surface area (Å²) in [5.74, 6) is -0.0323. The minimum absolute atomic E-state index is 0.0323. The molecule has 2 rings (SSSR count). The summed E-state index contributed by atoms with van der Waals surface area (Å²) >= 11 is 0. The van der Waals surface area contributed by atoms with Crippen LogP contribution in [0.1, 0.15) is 37.0 Å². The van der Waals surface area contributed by atoms with E-state index in [9.17, 15) is 9.90 Å². The van der Waals surface area contributed by atoms with Gasteiger partial charge in [-0.2, -0.15) is 0 Å². The predicted molar refractivity (Wildman–Crippen MR) is 71.5 cm³/mol. The van der Waals surface area contributed by atoms with Crippen molar-refractivity contribution in [3.8, 4) is 0 Å². The SMILES string of the molecule is CC(C)(O)CNC(=O)Cc1ccc2c(c1)CCC2. The third-order valence-electron chi connectivity index (χ3n) is 3.25. The maximum atomic E-state index is 11.7. The van der Waals surface area contributed by atoms with Gasteiger partial charge in [0.15, 0.2) is 0 Å². The molecule has 3 heteroatoms. The lowest BCUT2D eigenvalue weighted by Crippen LogP contribution is -2.38. The van der Waals surface area contributed by atoms with Gasteiger partial charge in [0.25, 0.3) is 0 Å². The summed E-state index contributed by atoms with van der Waals surface area (Å²) in [6.45, 7) is 3.65. The van der Waals surface area contributed by atoms with Crippen LogP contribution < -0.4 is 5.32 Å². The monoisotopic (exact) mass is 247 g/mol. The number of aliphatic hydroxyl groups is 1. The van der Waals surface area contributed by atoms with E-state index in [2.05, 4.69) is 17.4 Å². The van der Waals surface area contributed by atoms with Crippen LogP contribution in [0.15, 0.2) is 18.2 Å². The second-order valence-electron chi connectivity index (χ2n) is 5.72. The molecule has 0 aromatic heterocycles. The Morgan fingerprint density at radius 2 is 2.06 bits per heavy atom. The van der Waals surface area contributed by atoms with Crippen LogP contribution in [0, 0.1) is 0 Å². The van der Waals surface area contributed by atoms with E-state index < -0.39 is 5.60 Å². The van der Waals surface area contributed by atoms with Gasteiger partial charge >= 0.3 is 0 Å². The second-order valence-corrected chi connectivity index (χ2v) is 5.72. The Kier molecular flexibility index (Phi) is 3.71. The summed E-state index contributed by atoms with van der Waals surface area (Å²) in [7, 11) is 0. The molecule has 0 unspecified atom stereocenters. The Hall–Kier alpha value is -1.35. The van der Waals surface area contributed by atoms with Gasteiger partial charge in [-0.25, -0.2) is 0 Å². The third-order valence-corrected chi connectivity index (χ3v) is 3.25. The van der Waals surface area contributed by atoms with E-state index >= 15 is 0 Å². The summed E-state index contributed by atoms with van der Waals surface area (Å²) < 4.78 is 0. The lowest BCUT2D eigenvalue weighted by Gasteiger charge is -2.17. The summed E-state index contributed by atoms with van der Waals surface area (Å²) in [6.07, 6.45) is 3.92. The standard InChI is InChI=1S/C15H21NO2/c1-15(2,18)10-16-14(17)9-11-6-7-12-4-3-5-13(12)8-11/h6-8,18H,3-5,9-10H2,1-2H3,(H,16,17). The first-order valence-electron chi connectivity index (χ1n) is 6.54. The number of amides is 1. The highest BCUT2D eigenvalue weighted by Gasteiger charge is 2.15. The number of carbonyl (C=O) groups excluding carboxylic acids is 1. The average Bonchev–Trinajstić information content (AvgIpc) is 2.72. The van der Waals surface area contributed by atoms with Crippen molar-refractivity contribution in [2.45, 2.75) is 45.1 Å². The van der Waals surface area contributed by atoms with Crippen molar-refractivity contribution in [1.29, 1.82) is 0 Å². The fraction of sp³-hybridized carbons (Fsp3) is 0.533. The molecule has 2 N–H and O–H groups in total. The molecule has 0 heterocycles. The van der Waals surface area contributed by atoms with E-state index in [0.29, 0.717) is 6.42 Å². The molecule has 1 aromatic carbocycles. The zero-order valence-corrected chi connectivity index (χ0v) is 11.1. The van der Waals surface area contributed by atoms with Crippen LogP contribution in [-0.2, 0) is 24.1 Å². The van der Waals surface area contributed by atoms with Crippen LogP contribution in [-0.4, -0.2) is 23.2 Å². The topological polar surface area (TPSA) is 49.3 Å². The molecule has 0 radical (unpaired) electrons. The highest BCUT2D eigenvalue weighted by atomic mass is 16.3. The Balaban J connectivity index is 1.91. The number of nitrogens with one attached hydrogen (secondary N) is 1. The van der Waals surface area contributed by atoms with Crippen molar-refractivity contribution in [1.82, 2.24) is 5.32 Å². The Morgan fingerprint density at radius 3 is 2.78 bits per heavy atom. The Bertz CT molecular complexity index is 446. The normalized spacial score (nSPS) is 14.4. The van der Waals surface area contributed by atoms with Crippen LogP contribution in [0.4, 0.5) is 0 Å². The number of benzene rings is 1. The van der Waals surface area contributed by atoms with E-state index in [0.717, 1.165) is 12.0 Å².